The van der Waals surface area contributed by atoms with Crippen molar-refractivity contribution in [3.8, 4) is 0 Å². The van der Waals surface area contributed by atoms with Gasteiger partial charge in [0.2, 0.25) is 5.69 Å². The van der Waals surface area contributed by atoms with Crippen LogP contribution in [0.3, 0.4) is 0 Å². The molecule has 0 spiro atoms. The van der Waals surface area contributed by atoms with Crippen LogP contribution in [-0.4, -0.2) is 4.98 Å². The molecule has 1 aromatic rings. The summed E-state index contributed by atoms with van der Waals surface area (Å²) in [6.45, 7) is 10.6. The lowest BCUT2D eigenvalue weighted by molar-refractivity contribution is 1.27. The summed E-state index contributed by atoms with van der Waals surface area (Å²) in [4.78, 5) is 6.32. The summed E-state index contributed by atoms with van der Waals surface area (Å²) >= 11 is 0. The Balaban J connectivity index is 3.27. The number of nitrogens with one attached hydrogen (secondary N) is 1. The van der Waals surface area contributed by atoms with Gasteiger partial charge in [-0.05, 0) is 25.6 Å². The van der Waals surface area contributed by atoms with Crippen molar-refractivity contribution < 1.29 is 0 Å². The second-order valence-electron chi connectivity index (χ2n) is 2.06. The molecule has 46 valence electrons. The van der Waals surface area contributed by atoms with E-state index in [9.17, 15) is 0 Å². The molecule has 0 radical (unpaired) electrons. The van der Waals surface area contributed by atoms with Gasteiger partial charge >= 0.3 is 0 Å². The molecule has 1 aromatic heterocycles. The van der Waals surface area contributed by atoms with E-state index in [4.69, 9.17) is 6.57 Å². The second kappa shape index (κ2) is 1.94. The Bertz CT molecular complexity index is 233. The van der Waals surface area contributed by atoms with Crippen molar-refractivity contribution >= 4 is 5.69 Å². The van der Waals surface area contributed by atoms with E-state index in [1.165, 1.54) is 0 Å². The predicted octanol–water partition coefficient (Wildman–Crippen LogP) is 2.18. The third-order valence-electron chi connectivity index (χ3n) is 1.35. The molecule has 0 saturated carbocycles. The summed E-state index contributed by atoms with van der Waals surface area (Å²) in [5.41, 5.74) is 2.75. The van der Waals surface area contributed by atoms with Gasteiger partial charge in [0.25, 0.3) is 0 Å². The Morgan fingerprint density at radius 1 is 1.56 bits per heavy atom. The summed E-state index contributed by atoms with van der Waals surface area (Å²) in [6.07, 6.45) is 1.85. The van der Waals surface area contributed by atoms with E-state index < -0.39 is 0 Å². The number of aryl methyl sites for hydroxylation is 2. The zero-order valence-corrected chi connectivity index (χ0v) is 5.52. The van der Waals surface area contributed by atoms with Crippen molar-refractivity contribution in [1.82, 2.24) is 4.98 Å². The number of hydrogen-bond acceptors (Lipinski definition) is 0. The van der Waals surface area contributed by atoms with E-state index in [2.05, 4.69) is 9.83 Å². The highest BCUT2D eigenvalue weighted by Gasteiger charge is 2.00. The molecule has 0 aliphatic heterocycles. The van der Waals surface area contributed by atoms with Crippen LogP contribution < -0.4 is 0 Å². The summed E-state index contributed by atoms with van der Waals surface area (Å²) in [5, 5.41) is 0. The van der Waals surface area contributed by atoms with Crippen LogP contribution in [0.1, 0.15) is 11.3 Å². The highest BCUT2D eigenvalue weighted by molar-refractivity contribution is 5.55. The molecule has 0 unspecified atom stereocenters. The zero-order chi connectivity index (χ0) is 6.85. The van der Waals surface area contributed by atoms with Gasteiger partial charge in [0.15, 0.2) is 0 Å². The number of rotatable bonds is 0. The maximum Gasteiger partial charge on any atom is 0.209 e. The van der Waals surface area contributed by atoms with Crippen molar-refractivity contribution in [3.05, 3.63) is 28.9 Å². The molecular formula is C7H8N2. The topological polar surface area (TPSA) is 20.1 Å². The van der Waals surface area contributed by atoms with Crippen molar-refractivity contribution in [2.24, 2.45) is 0 Å². The number of aromatic nitrogens is 1. The molecule has 0 fully saturated rings. The molecule has 0 aliphatic rings. The molecule has 1 rings (SSSR count). The Morgan fingerprint density at radius 2 is 2.22 bits per heavy atom. The minimum absolute atomic E-state index is 0.759. The average Bonchev–Trinajstić information content (AvgIpc) is 2.12. The van der Waals surface area contributed by atoms with Gasteiger partial charge in [0.1, 0.15) is 0 Å². The SMILES string of the molecule is [C-]#[N+]c1c(C)c[nH]c1C. The molecule has 0 bridgehead atoms. The van der Waals surface area contributed by atoms with Crippen LogP contribution in [0.5, 0.6) is 0 Å². The lowest BCUT2D eigenvalue weighted by atomic mass is 10.3. The molecular weight excluding hydrogens is 112 g/mol. The van der Waals surface area contributed by atoms with Gasteiger partial charge in [-0.15, -0.1) is 0 Å². The molecule has 9 heavy (non-hydrogen) atoms. The van der Waals surface area contributed by atoms with Gasteiger partial charge in [-0.2, -0.15) is 0 Å². The van der Waals surface area contributed by atoms with Crippen LogP contribution in [0.15, 0.2) is 6.20 Å². The quantitative estimate of drug-likeness (QED) is 0.506. The van der Waals surface area contributed by atoms with Gasteiger partial charge in [-0.25, -0.2) is 4.85 Å². The highest BCUT2D eigenvalue weighted by atomic mass is 14.8. The lowest BCUT2D eigenvalue weighted by Crippen LogP contribution is -1.64. The summed E-state index contributed by atoms with van der Waals surface area (Å²) in [7, 11) is 0. The van der Waals surface area contributed by atoms with Crippen molar-refractivity contribution in [2.75, 3.05) is 0 Å². The number of hydrogen-bond donors (Lipinski definition) is 1. The third-order valence-corrected chi connectivity index (χ3v) is 1.35. The fraction of sp³-hybridized carbons (Fsp3) is 0.286. The van der Waals surface area contributed by atoms with Crippen LogP contribution in [0.2, 0.25) is 0 Å². The van der Waals surface area contributed by atoms with Gasteiger partial charge in [-0.1, -0.05) is 0 Å². The van der Waals surface area contributed by atoms with Crippen molar-refractivity contribution in [2.45, 2.75) is 13.8 Å². The molecule has 2 heteroatoms. The first-order chi connectivity index (χ1) is 4.25. The molecule has 0 atom stereocenters. The summed E-state index contributed by atoms with van der Waals surface area (Å²) < 4.78 is 0. The normalized spacial score (nSPS) is 9.00. The molecule has 0 aliphatic carbocycles. The molecule has 0 aromatic carbocycles. The maximum absolute atomic E-state index is 6.75. The Kier molecular flexibility index (Phi) is 1.27. The van der Waals surface area contributed by atoms with Crippen LogP contribution in [-0.2, 0) is 0 Å². The second-order valence-corrected chi connectivity index (χ2v) is 2.06. The number of H-pyrrole nitrogens is 1. The van der Waals surface area contributed by atoms with Crippen LogP contribution in [0, 0.1) is 20.4 Å². The third kappa shape index (κ3) is 0.812. The summed E-state index contributed by atoms with van der Waals surface area (Å²) in [6, 6.07) is 0. The predicted molar refractivity (Wildman–Crippen MR) is 36.5 cm³/mol. The molecule has 2 nitrogen and oxygen atoms in total. The molecule has 1 N–H and O–H groups in total. The van der Waals surface area contributed by atoms with E-state index in [1.54, 1.807) is 0 Å². The van der Waals surface area contributed by atoms with Crippen LogP contribution >= 0.6 is 0 Å². The van der Waals surface area contributed by atoms with Crippen LogP contribution in [0.4, 0.5) is 5.69 Å². The van der Waals surface area contributed by atoms with E-state index in [0.29, 0.717) is 0 Å². The Hall–Kier alpha value is -1.23. The van der Waals surface area contributed by atoms with Crippen molar-refractivity contribution in [1.29, 1.82) is 0 Å². The first-order valence-corrected chi connectivity index (χ1v) is 2.77. The molecule has 0 saturated heterocycles. The van der Waals surface area contributed by atoms with Crippen LogP contribution in [0.25, 0.3) is 4.85 Å². The van der Waals surface area contributed by atoms with E-state index in [-0.39, 0.29) is 0 Å². The number of aromatic amines is 1. The van der Waals surface area contributed by atoms with Gasteiger partial charge in [0.05, 0.1) is 6.57 Å². The fourth-order valence-corrected chi connectivity index (χ4v) is 0.821. The lowest BCUT2D eigenvalue weighted by Gasteiger charge is -1.83. The largest absolute Gasteiger partial charge is 0.376 e. The van der Waals surface area contributed by atoms with Crippen molar-refractivity contribution in [3.63, 3.8) is 0 Å². The maximum atomic E-state index is 6.75. The van der Waals surface area contributed by atoms with Gasteiger partial charge in [-0.3, -0.25) is 0 Å². The Labute approximate surface area is 54.3 Å². The Morgan fingerprint density at radius 3 is 2.44 bits per heavy atom. The smallest absolute Gasteiger partial charge is 0.209 e. The van der Waals surface area contributed by atoms with E-state index >= 15 is 0 Å². The standard InChI is InChI=1S/C7H8N2/c1-5-4-9-6(2)7(5)8-3/h4,9H,1-2H3. The highest BCUT2D eigenvalue weighted by Crippen LogP contribution is 2.21. The first kappa shape index (κ1) is 5.90. The molecule has 0 amide bonds. The number of nitrogens with zero attached hydrogens (tertiary/aromatic N) is 1. The average molecular weight is 120 g/mol. The van der Waals surface area contributed by atoms with E-state index in [1.807, 2.05) is 20.0 Å². The van der Waals surface area contributed by atoms with Gasteiger partial charge < -0.3 is 4.98 Å². The first-order valence-electron chi connectivity index (χ1n) is 2.77. The minimum atomic E-state index is 0.759. The fourth-order valence-electron chi connectivity index (χ4n) is 0.821. The van der Waals surface area contributed by atoms with Gasteiger partial charge in [0, 0.05) is 5.69 Å². The minimum Gasteiger partial charge on any atom is -0.376 e. The monoisotopic (exact) mass is 120 g/mol. The zero-order valence-electron chi connectivity index (χ0n) is 5.52. The van der Waals surface area contributed by atoms with E-state index in [0.717, 1.165) is 16.9 Å². The summed E-state index contributed by atoms with van der Waals surface area (Å²) in [5.74, 6) is 0. The molecule has 1 heterocycles.